The van der Waals surface area contributed by atoms with Crippen LogP contribution in [0.3, 0.4) is 0 Å². The fourth-order valence-corrected chi connectivity index (χ4v) is 4.36. The Morgan fingerprint density at radius 1 is 1.07 bits per heavy atom. The molecule has 5 nitrogen and oxygen atoms in total. The summed E-state index contributed by atoms with van der Waals surface area (Å²) >= 11 is 7.37. The lowest BCUT2D eigenvalue weighted by molar-refractivity contribution is -0.132. The Balaban J connectivity index is 1.95. The molecule has 1 amide bonds. The van der Waals surface area contributed by atoms with Crippen LogP contribution >= 0.6 is 22.9 Å². The van der Waals surface area contributed by atoms with E-state index in [9.17, 15) is 14.7 Å². The number of hydrogen-bond acceptors (Lipinski definition) is 5. The minimum Gasteiger partial charge on any atom is -0.507 e. The van der Waals surface area contributed by atoms with Crippen LogP contribution in [0, 0.1) is 13.8 Å². The molecule has 1 fully saturated rings. The second-order valence-corrected chi connectivity index (χ2v) is 8.34. The van der Waals surface area contributed by atoms with Crippen LogP contribution in [0.2, 0.25) is 5.02 Å². The minimum atomic E-state index is -0.794. The molecule has 1 N–H and O–H groups in total. The number of aliphatic hydroxyl groups is 1. The molecular formula is C22H17ClN2O3S. The first kappa shape index (κ1) is 19.4. The van der Waals surface area contributed by atoms with Gasteiger partial charge in [-0.15, -0.1) is 11.3 Å². The van der Waals surface area contributed by atoms with Crippen molar-refractivity contribution in [3.63, 3.8) is 0 Å². The molecular weight excluding hydrogens is 408 g/mol. The molecule has 0 saturated carbocycles. The third-order valence-electron chi connectivity index (χ3n) is 4.90. The zero-order valence-corrected chi connectivity index (χ0v) is 17.3. The number of aliphatic hydroxyl groups excluding tert-OH is 1. The van der Waals surface area contributed by atoms with Gasteiger partial charge in [-0.1, -0.05) is 54.1 Å². The molecule has 1 atom stereocenters. The van der Waals surface area contributed by atoms with Crippen molar-refractivity contribution < 1.29 is 14.7 Å². The summed E-state index contributed by atoms with van der Waals surface area (Å²) in [6.07, 6.45) is 0. The number of hydrogen-bond donors (Lipinski definition) is 1. The van der Waals surface area contributed by atoms with Crippen molar-refractivity contribution >= 4 is 45.5 Å². The quantitative estimate of drug-likeness (QED) is 0.363. The Labute approximate surface area is 176 Å². The molecule has 2 heterocycles. The summed E-state index contributed by atoms with van der Waals surface area (Å²) in [5.74, 6) is -1.66. The van der Waals surface area contributed by atoms with Gasteiger partial charge in [0.05, 0.1) is 17.3 Å². The molecule has 0 bridgehead atoms. The lowest BCUT2D eigenvalue weighted by Crippen LogP contribution is -2.29. The van der Waals surface area contributed by atoms with Crippen molar-refractivity contribution in [3.8, 4) is 0 Å². The summed E-state index contributed by atoms with van der Waals surface area (Å²) in [4.78, 5) is 32.8. The Morgan fingerprint density at radius 2 is 1.72 bits per heavy atom. The second-order valence-electron chi connectivity index (χ2n) is 6.72. The van der Waals surface area contributed by atoms with E-state index in [4.69, 9.17) is 11.6 Å². The van der Waals surface area contributed by atoms with E-state index in [0.717, 1.165) is 10.6 Å². The van der Waals surface area contributed by atoms with Gasteiger partial charge in [0.15, 0.2) is 5.13 Å². The zero-order chi connectivity index (χ0) is 20.7. The fraction of sp³-hybridized carbons (Fsp3) is 0.136. The molecule has 0 radical (unpaired) electrons. The van der Waals surface area contributed by atoms with Gasteiger partial charge in [0.1, 0.15) is 5.76 Å². The van der Waals surface area contributed by atoms with Crippen molar-refractivity contribution in [3.05, 3.63) is 86.9 Å². The molecule has 1 aromatic heterocycles. The highest BCUT2D eigenvalue weighted by Gasteiger charge is 2.48. The standard InChI is InChI=1S/C22H17ClN2O3S/c1-12-13(2)29-22(24-12)25-18(14-8-10-16(23)11-9-14)17(20(27)21(25)28)19(26)15-6-4-3-5-7-15/h3-11,18,26H,1-2H3/b19-17+/t18-/m1/s1. The molecule has 1 aliphatic rings. The van der Waals surface area contributed by atoms with Gasteiger partial charge in [-0.25, -0.2) is 4.98 Å². The number of amides is 1. The van der Waals surface area contributed by atoms with Crippen LogP contribution in [0.5, 0.6) is 0 Å². The highest BCUT2D eigenvalue weighted by atomic mass is 35.5. The molecule has 4 rings (SSSR count). The number of carbonyl (C=O) groups is 2. The number of Topliss-reactive ketones (excluding diaryl/α,β-unsaturated/α-hetero) is 1. The number of ketones is 1. The van der Waals surface area contributed by atoms with E-state index < -0.39 is 17.7 Å². The van der Waals surface area contributed by atoms with E-state index in [1.807, 2.05) is 19.9 Å². The summed E-state index contributed by atoms with van der Waals surface area (Å²) < 4.78 is 0. The smallest absolute Gasteiger partial charge is 0.301 e. The van der Waals surface area contributed by atoms with Crippen molar-refractivity contribution in [2.45, 2.75) is 19.9 Å². The predicted octanol–water partition coefficient (Wildman–Crippen LogP) is 5.04. The Morgan fingerprint density at radius 3 is 2.31 bits per heavy atom. The predicted molar refractivity (Wildman–Crippen MR) is 114 cm³/mol. The van der Waals surface area contributed by atoms with Crippen LogP contribution in [-0.2, 0) is 9.59 Å². The molecule has 2 aromatic carbocycles. The number of halogens is 1. The second kappa shape index (κ2) is 7.46. The summed E-state index contributed by atoms with van der Waals surface area (Å²) in [7, 11) is 0. The van der Waals surface area contributed by atoms with Gasteiger partial charge in [-0.2, -0.15) is 0 Å². The van der Waals surface area contributed by atoms with E-state index in [0.29, 0.717) is 21.3 Å². The number of aromatic nitrogens is 1. The van der Waals surface area contributed by atoms with Crippen molar-refractivity contribution in [2.75, 3.05) is 4.90 Å². The number of benzene rings is 2. The molecule has 1 saturated heterocycles. The Bertz CT molecular complexity index is 1120. The third kappa shape index (κ3) is 3.34. The van der Waals surface area contributed by atoms with E-state index >= 15 is 0 Å². The van der Waals surface area contributed by atoms with Gasteiger partial charge >= 0.3 is 5.91 Å². The molecule has 1 aliphatic heterocycles. The summed E-state index contributed by atoms with van der Waals surface area (Å²) in [5.41, 5.74) is 1.96. The molecule has 3 aromatic rings. The first-order valence-corrected chi connectivity index (χ1v) is 10.1. The van der Waals surface area contributed by atoms with E-state index in [2.05, 4.69) is 4.98 Å². The maximum absolute atomic E-state index is 13.0. The largest absolute Gasteiger partial charge is 0.507 e. The number of rotatable bonds is 3. The highest BCUT2D eigenvalue weighted by molar-refractivity contribution is 7.16. The molecule has 146 valence electrons. The first-order valence-electron chi connectivity index (χ1n) is 8.94. The molecule has 29 heavy (non-hydrogen) atoms. The summed E-state index contributed by atoms with van der Waals surface area (Å²) in [6.45, 7) is 3.77. The maximum atomic E-state index is 13.0. The topological polar surface area (TPSA) is 70.5 Å². The van der Waals surface area contributed by atoms with Crippen LogP contribution in [0.4, 0.5) is 5.13 Å². The van der Waals surface area contributed by atoms with Gasteiger partial charge in [0.2, 0.25) is 0 Å². The third-order valence-corrected chi connectivity index (χ3v) is 6.22. The van der Waals surface area contributed by atoms with E-state index in [-0.39, 0.29) is 11.3 Å². The lowest BCUT2D eigenvalue weighted by atomic mass is 9.95. The number of thiazole rings is 1. The number of carbonyl (C=O) groups excluding carboxylic acids is 2. The van der Waals surface area contributed by atoms with Gasteiger partial charge in [-0.05, 0) is 31.5 Å². The van der Waals surface area contributed by atoms with Crippen molar-refractivity contribution in [1.29, 1.82) is 0 Å². The van der Waals surface area contributed by atoms with Crippen molar-refractivity contribution in [1.82, 2.24) is 4.98 Å². The summed E-state index contributed by atoms with van der Waals surface area (Å²) in [6, 6.07) is 14.8. The van der Waals surface area contributed by atoms with E-state index in [1.165, 1.54) is 16.2 Å². The SMILES string of the molecule is Cc1nc(N2C(=O)C(=O)/C(=C(/O)c3ccccc3)[C@H]2c2ccc(Cl)cc2)sc1C. The van der Waals surface area contributed by atoms with E-state index in [1.54, 1.807) is 48.5 Å². The summed E-state index contributed by atoms with van der Waals surface area (Å²) in [5, 5.41) is 11.9. The van der Waals surface area contributed by atoms with Gasteiger partial charge in [-0.3, -0.25) is 14.5 Å². The maximum Gasteiger partial charge on any atom is 0.301 e. The Kier molecular flexibility index (Phi) is 4.98. The monoisotopic (exact) mass is 424 g/mol. The molecule has 0 aliphatic carbocycles. The fourth-order valence-electron chi connectivity index (χ4n) is 3.30. The average molecular weight is 425 g/mol. The van der Waals surface area contributed by atoms with Crippen LogP contribution in [0.1, 0.15) is 27.7 Å². The van der Waals surface area contributed by atoms with Crippen LogP contribution < -0.4 is 4.90 Å². The Hall–Kier alpha value is -2.96. The molecule has 0 spiro atoms. The number of anilines is 1. The molecule has 0 unspecified atom stereocenters. The lowest BCUT2D eigenvalue weighted by Gasteiger charge is -2.23. The van der Waals surface area contributed by atoms with Gasteiger partial charge in [0.25, 0.3) is 5.78 Å². The molecule has 7 heteroatoms. The number of nitrogens with zero attached hydrogens (tertiary/aromatic N) is 2. The van der Waals surface area contributed by atoms with Gasteiger partial charge < -0.3 is 5.11 Å². The van der Waals surface area contributed by atoms with Crippen molar-refractivity contribution in [2.24, 2.45) is 0 Å². The number of aryl methyl sites for hydroxylation is 2. The zero-order valence-electron chi connectivity index (χ0n) is 15.7. The normalized spacial score (nSPS) is 18.4. The highest BCUT2D eigenvalue weighted by Crippen LogP contribution is 2.43. The minimum absolute atomic E-state index is 0.0361. The van der Waals surface area contributed by atoms with Gasteiger partial charge in [0, 0.05) is 15.5 Å². The van der Waals surface area contributed by atoms with Crippen LogP contribution in [-0.4, -0.2) is 21.8 Å². The van der Waals surface area contributed by atoms with Crippen LogP contribution in [0.25, 0.3) is 5.76 Å². The first-order chi connectivity index (χ1) is 13.9. The average Bonchev–Trinajstić information content (AvgIpc) is 3.18. The van der Waals surface area contributed by atoms with Crippen LogP contribution in [0.15, 0.2) is 60.2 Å².